The van der Waals surface area contributed by atoms with Gasteiger partial charge in [-0.15, -0.1) is 0 Å². The normalized spacial score (nSPS) is 19.8. The van der Waals surface area contributed by atoms with Gasteiger partial charge in [-0.25, -0.2) is 8.42 Å². The van der Waals surface area contributed by atoms with Gasteiger partial charge in [-0.1, -0.05) is 19.1 Å². The highest BCUT2D eigenvalue weighted by atomic mass is 32.2. The zero-order valence-corrected chi connectivity index (χ0v) is 12.4. The van der Waals surface area contributed by atoms with Gasteiger partial charge in [0, 0.05) is 6.61 Å². The zero-order valence-electron chi connectivity index (χ0n) is 11.6. The maximum absolute atomic E-state index is 12.1. The van der Waals surface area contributed by atoms with E-state index in [4.69, 9.17) is 4.74 Å². The number of hydrogen-bond acceptors (Lipinski definition) is 4. The second-order valence-corrected chi connectivity index (χ2v) is 6.81. The molecule has 1 atom stereocenters. The van der Waals surface area contributed by atoms with E-state index in [2.05, 4.69) is 4.72 Å². The first-order valence-corrected chi connectivity index (χ1v) is 8.60. The van der Waals surface area contributed by atoms with Crippen molar-refractivity contribution in [3.05, 3.63) is 23.8 Å². The van der Waals surface area contributed by atoms with Gasteiger partial charge < -0.3 is 9.84 Å². The first kappa shape index (κ1) is 15.1. The van der Waals surface area contributed by atoms with Crippen molar-refractivity contribution in [3.8, 4) is 5.75 Å². The average molecular weight is 299 g/mol. The molecule has 112 valence electrons. The molecule has 0 aromatic heterocycles. The average Bonchev–Trinajstić information content (AvgIpc) is 2.41. The number of nitrogens with one attached hydrogen (secondary N) is 1. The van der Waals surface area contributed by atoms with E-state index in [1.807, 2.05) is 6.92 Å². The molecule has 2 rings (SSSR count). The van der Waals surface area contributed by atoms with Gasteiger partial charge in [-0.05, 0) is 37.3 Å². The summed E-state index contributed by atoms with van der Waals surface area (Å²) in [6, 6.07) is 5.07. The number of benzene rings is 1. The number of ether oxygens (including phenoxy) is 1. The SMILES string of the molecule is CCc1cccc(NS(=O)(=O)CC2CCCCO2)c1O. The van der Waals surface area contributed by atoms with Gasteiger partial charge in [0.15, 0.2) is 0 Å². The summed E-state index contributed by atoms with van der Waals surface area (Å²) in [5.74, 6) is -0.0638. The van der Waals surface area contributed by atoms with E-state index in [9.17, 15) is 13.5 Å². The third kappa shape index (κ3) is 3.86. The van der Waals surface area contributed by atoms with Crippen molar-refractivity contribution < 1.29 is 18.3 Å². The summed E-state index contributed by atoms with van der Waals surface area (Å²) >= 11 is 0. The number of sulfonamides is 1. The van der Waals surface area contributed by atoms with Gasteiger partial charge in [-0.2, -0.15) is 0 Å². The van der Waals surface area contributed by atoms with Crippen molar-refractivity contribution in [2.75, 3.05) is 17.1 Å². The van der Waals surface area contributed by atoms with Crippen LogP contribution in [0.5, 0.6) is 5.75 Å². The molecule has 1 aromatic carbocycles. The third-order valence-corrected chi connectivity index (χ3v) is 4.79. The van der Waals surface area contributed by atoms with Gasteiger partial charge in [0.2, 0.25) is 10.0 Å². The third-order valence-electron chi connectivity index (χ3n) is 3.45. The molecule has 5 nitrogen and oxygen atoms in total. The standard InChI is InChI=1S/C14H21NO4S/c1-2-11-6-5-8-13(14(11)16)15-20(17,18)10-12-7-3-4-9-19-12/h5-6,8,12,15-16H,2-4,7,9-10H2,1H3. The summed E-state index contributed by atoms with van der Waals surface area (Å²) in [6.07, 6.45) is 3.15. The van der Waals surface area contributed by atoms with Gasteiger partial charge in [0.25, 0.3) is 0 Å². The minimum atomic E-state index is -3.52. The maximum atomic E-state index is 12.1. The lowest BCUT2D eigenvalue weighted by molar-refractivity contribution is 0.0306. The molecule has 1 aromatic rings. The lowest BCUT2D eigenvalue weighted by Crippen LogP contribution is -2.30. The smallest absolute Gasteiger partial charge is 0.235 e. The summed E-state index contributed by atoms with van der Waals surface area (Å²) in [6.45, 7) is 2.53. The summed E-state index contributed by atoms with van der Waals surface area (Å²) in [5, 5.41) is 10.00. The minimum Gasteiger partial charge on any atom is -0.505 e. The van der Waals surface area contributed by atoms with E-state index in [-0.39, 0.29) is 23.3 Å². The van der Waals surface area contributed by atoms with Crippen molar-refractivity contribution in [1.82, 2.24) is 0 Å². The molecule has 0 aliphatic carbocycles. The Morgan fingerprint density at radius 3 is 2.85 bits per heavy atom. The largest absolute Gasteiger partial charge is 0.505 e. The predicted octanol–water partition coefficient (Wildman–Crippen LogP) is 2.27. The predicted molar refractivity (Wildman–Crippen MR) is 78.5 cm³/mol. The second-order valence-electron chi connectivity index (χ2n) is 5.04. The van der Waals surface area contributed by atoms with Gasteiger partial charge >= 0.3 is 0 Å². The van der Waals surface area contributed by atoms with Crippen LogP contribution < -0.4 is 4.72 Å². The van der Waals surface area contributed by atoms with Crippen molar-refractivity contribution in [3.63, 3.8) is 0 Å². The first-order valence-electron chi connectivity index (χ1n) is 6.95. The molecule has 6 heteroatoms. The number of aryl methyl sites for hydroxylation is 1. The molecular weight excluding hydrogens is 278 g/mol. The number of para-hydroxylation sites is 1. The summed E-state index contributed by atoms with van der Waals surface area (Å²) in [5.41, 5.74) is 0.958. The lowest BCUT2D eigenvalue weighted by atomic mass is 10.1. The summed E-state index contributed by atoms with van der Waals surface area (Å²) in [4.78, 5) is 0. The molecule has 2 N–H and O–H groups in total. The molecule has 1 aliphatic heterocycles. The molecule has 0 amide bonds. The van der Waals surface area contributed by atoms with E-state index in [1.165, 1.54) is 0 Å². The molecule has 1 saturated heterocycles. The van der Waals surface area contributed by atoms with E-state index in [0.29, 0.717) is 13.0 Å². The number of aromatic hydroxyl groups is 1. The summed E-state index contributed by atoms with van der Waals surface area (Å²) in [7, 11) is -3.52. The maximum Gasteiger partial charge on any atom is 0.235 e. The fourth-order valence-electron chi connectivity index (χ4n) is 2.35. The van der Waals surface area contributed by atoms with Crippen molar-refractivity contribution >= 4 is 15.7 Å². The van der Waals surface area contributed by atoms with E-state index in [0.717, 1.165) is 24.8 Å². The molecule has 0 saturated carbocycles. The van der Waals surface area contributed by atoms with Crippen LogP contribution >= 0.6 is 0 Å². The van der Waals surface area contributed by atoms with Crippen LogP contribution in [0.2, 0.25) is 0 Å². The van der Waals surface area contributed by atoms with Crippen LogP contribution in [-0.2, 0) is 21.2 Å². The molecule has 1 fully saturated rings. The Balaban J connectivity index is 2.07. The number of anilines is 1. The van der Waals surface area contributed by atoms with Gasteiger partial charge in [0.1, 0.15) is 5.75 Å². The lowest BCUT2D eigenvalue weighted by Gasteiger charge is -2.22. The van der Waals surface area contributed by atoms with Crippen LogP contribution in [0.4, 0.5) is 5.69 Å². The minimum absolute atomic E-state index is 0.00291. The van der Waals surface area contributed by atoms with Gasteiger partial charge in [-0.3, -0.25) is 4.72 Å². The number of rotatable bonds is 5. The zero-order chi connectivity index (χ0) is 14.6. The van der Waals surface area contributed by atoms with Crippen molar-refractivity contribution in [1.29, 1.82) is 0 Å². The molecule has 0 radical (unpaired) electrons. The molecule has 20 heavy (non-hydrogen) atoms. The van der Waals surface area contributed by atoms with E-state index < -0.39 is 10.0 Å². The summed E-state index contributed by atoms with van der Waals surface area (Å²) < 4.78 is 32.1. The number of phenolic OH excluding ortho intramolecular Hbond substituents is 1. The Labute approximate surface area is 120 Å². The fraction of sp³-hybridized carbons (Fsp3) is 0.571. The second kappa shape index (κ2) is 6.45. The fourth-order valence-corrected chi connectivity index (χ4v) is 3.69. The first-order chi connectivity index (χ1) is 9.52. The van der Waals surface area contributed by atoms with E-state index >= 15 is 0 Å². The molecule has 1 heterocycles. The van der Waals surface area contributed by atoms with Crippen molar-refractivity contribution in [2.45, 2.75) is 38.7 Å². The Hall–Kier alpha value is -1.27. The molecule has 1 aliphatic rings. The highest BCUT2D eigenvalue weighted by Gasteiger charge is 2.23. The van der Waals surface area contributed by atoms with Crippen LogP contribution in [0, 0.1) is 0 Å². The van der Waals surface area contributed by atoms with Crippen LogP contribution in [0.15, 0.2) is 18.2 Å². The van der Waals surface area contributed by atoms with Crippen LogP contribution in [-0.4, -0.2) is 32.0 Å². The highest BCUT2D eigenvalue weighted by Crippen LogP contribution is 2.29. The number of phenols is 1. The van der Waals surface area contributed by atoms with Gasteiger partial charge in [0.05, 0.1) is 17.5 Å². The molecule has 0 bridgehead atoms. The topological polar surface area (TPSA) is 75.6 Å². The Bertz CT molecular complexity index is 550. The Morgan fingerprint density at radius 1 is 1.40 bits per heavy atom. The highest BCUT2D eigenvalue weighted by molar-refractivity contribution is 7.92. The van der Waals surface area contributed by atoms with Crippen LogP contribution in [0.25, 0.3) is 0 Å². The molecule has 0 spiro atoms. The Kier molecular flexibility index (Phi) is 4.88. The van der Waals surface area contributed by atoms with Crippen LogP contribution in [0.3, 0.4) is 0 Å². The molecule has 1 unspecified atom stereocenters. The van der Waals surface area contributed by atoms with E-state index in [1.54, 1.807) is 18.2 Å². The monoisotopic (exact) mass is 299 g/mol. The van der Waals surface area contributed by atoms with Crippen molar-refractivity contribution in [2.24, 2.45) is 0 Å². The quantitative estimate of drug-likeness (QED) is 0.818. The number of hydrogen-bond donors (Lipinski definition) is 2. The molecular formula is C14H21NO4S. The van der Waals surface area contributed by atoms with Crippen LogP contribution in [0.1, 0.15) is 31.7 Å². The Morgan fingerprint density at radius 2 is 2.20 bits per heavy atom.